The topological polar surface area (TPSA) is 91.8 Å². The van der Waals surface area contributed by atoms with Crippen molar-refractivity contribution in [2.45, 2.75) is 31.3 Å². The molecule has 2 N–H and O–H groups in total. The Hall–Kier alpha value is -3.04. The summed E-state index contributed by atoms with van der Waals surface area (Å²) in [6, 6.07) is 7.71. The van der Waals surface area contributed by atoms with Gasteiger partial charge in [-0.3, -0.25) is 0 Å². The largest absolute Gasteiger partial charge is 0.465 e. The van der Waals surface area contributed by atoms with Crippen LogP contribution in [0.1, 0.15) is 41.1 Å². The maximum Gasteiger partial charge on any atom is 0.337 e. The summed E-state index contributed by atoms with van der Waals surface area (Å²) in [5.41, 5.74) is 2.95. The number of carbonyl (C=O) groups is 2. The van der Waals surface area contributed by atoms with Gasteiger partial charge in [0.05, 0.1) is 29.0 Å². The summed E-state index contributed by atoms with van der Waals surface area (Å²) in [6.07, 6.45) is 2.12. The van der Waals surface area contributed by atoms with E-state index in [2.05, 4.69) is 5.32 Å². The van der Waals surface area contributed by atoms with Crippen molar-refractivity contribution in [1.82, 2.24) is 9.88 Å². The number of β-amino-alcohol motifs (C(OH)–C–C–N with tert-alkyl or cyclic N) is 1. The minimum atomic E-state index is -0.515. The maximum atomic E-state index is 15.0. The number of halogens is 1. The third-order valence-corrected chi connectivity index (χ3v) is 6.90. The molecule has 2 aromatic carbocycles. The van der Waals surface area contributed by atoms with Crippen molar-refractivity contribution in [2.24, 2.45) is 0 Å². The zero-order valence-corrected chi connectivity index (χ0v) is 18.2. The second-order valence-electron chi connectivity index (χ2n) is 8.21. The molecule has 3 aromatic rings. The van der Waals surface area contributed by atoms with Gasteiger partial charge >= 0.3 is 12.0 Å². The first-order chi connectivity index (χ1) is 15.4. The molecule has 1 aromatic heterocycles. The number of nitrogens with zero attached hydrogens (tertiary/aromatic N) is 2. The van der Waals surface area contributed by atoms with Crippen LogP contribution in [0.4, 0.5) is 14.9 Å². The van der Waals surface area contributed by atoms with Gasteiger partial charge < -0.3 is 20.1 Å². The highest BCUT2D eigenvalue weighted by Gasteiger charge is 2.29. The molecule has 166 valence electrons. The number of rotatable bonds is 4. The van der Waals surface area contributed by atoms with Gasteiger partial charge in [-0.15, -0.1) is 11.3 Å². The number of methoxy groups -OCH3 is 1. The lowest BCUT2D eigenvalue weighted by Gasteiger charge is -2.16. The molecule has 1 saturated heterocycles. The number of ether oxygens (including phenoxy) is 1. The van der Waals surface area contributed by atoms with Gasteiger partial charge in [-0.05, 0) is 61.1 Å². The van der Waals surface area contributed by atoms with Crippen LogP contribution in [-0.2, 0) is 4.74 Å². The number of aliphatic hydroxyl groups is 1. The zero-order valence-electron chi connectivity index (χ0n) is 17.4. The Bertz CT molecular complexity index is 1220. The van der Waals surface area contributed by atoms with Gasteiger partial charge in [0, 0.05) is 24.3 Å². The summed E-state index contributed by atoms with van der Waals surface area (Å²) in [4.78, 5) is 30.6. The van der Waals surface area contributed by atoms with Crippen molar-refractivity contribution < 1.29 is 23.8 Å². The van der Waals surface area contributed by atoms with Crippen LogP contribution >= 0.6 is 11.3 Å². The van der Waals surface area contributed by atoms with Crippen LogP contribution < -0.4 is 5.32 Å². The number of hydrogen-bond donors (Lipinski definition) is 2. The van der Waals surface area contributed by atoms with Crippen molar-refractivity contribution >= 4 is 39.2 Å². The number of carbonyl (C=O) groups excluding carboxylic acids is 2. The number of esters is 1. The molecule has 5 rings (SSSR count). The highest BCUT2D eigenvalue weighted by molar-refractivity contribution is 7.21. The number of amides is 2. The Morgan fingerprint density at radius 3 is 2.72 bits per heavy atom. The van der Waals surface area contributed by atoms with E-state index in [9.17, 15) is 19.1 Å². The third-order valence-electron chi connectivity index (χ3n) is 5.86. The van der Waals surface area contributed by atoms with Crippen LogP contribution in [0.25, 0.3) is 20.8 Å². The molecular weight excluding hydrogens is 433 g/mol. The highest BCUT2D eigenvalue weighted by atomic mass is 32.1. The summed E-state index contributed by atoms with van der Waals surface area (Å²) in [6.45, 7) is 0.741. The fourth-order valence-corrected chi connectivity index (χ4v) is 5.07. The molecule has 9 heteroatoms. The van der Waals surface area contributed by atoms with Crippen LogP contribution in [0, 0.1) is 5.82 Å². The predicted octanol–water partition coefficient (Wildman–Crippen LogP) is 4.36. The van der Waals surface area contributed by atoms with Crippen molar-refractivity contribution in [2.75, 3.05) is 25.5 Å². The summed E-state index contributed by atoms with van der Waals surface area (Å²) < 4.78 is 20.7. The second-order valence-corrected chi connectivity index (χ2v) is 9.24. The molecule has 1 atom stereocenters. The number of benzene rings is 2. The van der Waals surface area contributed by atoms with E-state index in [-0.39, 0.29) is 12.6 Å². The number of nitrogens with one attached hydrogen (secondary N) is 1. The van der Waals surface area contributed by atoms with Crippen molar-refractivity contribution in [3.05, 3.63) is 47.3 Å². The van der Waals surface area contributed by atoms with E-state index >= 15 is 0 Å². The molecule has 0 radical (unpaired) electrons. The van der Waals surface area contributed by atoms with Gasteiger partial charge in [0.2, 0.25) is 0 Å². The van der Waals surface area contributed by atoms with Gasteiger partial charge in [0.25, 0.3) is 0 Å². The van der Waals surface area contributed by atoms with Crippen LogP contribution in [0.3, 0.4) is 0 Å². The molecule has 1 aliphatic carbocycles. The summed E-state index contributed by atoms with van der Waals surface area (Å²) in [5.74, 6) is -0.534. The van der Waals surface area contributed by atoms with Crippen molar-refractivity contribution in [3.8, 4) is 10.6 Å². The number of anilines is 1. The van der Waals surface area contributed by atoms with E-state index in [1.54, 1.807) is 18.2 Å². The van der Waals surface area contributed by atoms with Crippen LogP contribution in [0.2, 0.25) is 0 Å². The molecule has 2 heterocycles. The van der Waals surface area contributed by atoms with E-state index in [1.165, 1.54) is 29.4 Å². The summed E-state index contributed by atoms with van der Waals surface area (Å²) in [7, 11) is 1.35. The molecule has 1 saturated carbocycles. The van der Waals surface area contributed by atoms with Gasteiger partial charge in [-0.2, -0.15) is 0 Å². The first-order valence-electron chi connectivity index (χ1n) is 10.5. The van der Waals surface area contributed by atoms with Gasteiger partial charge in [-0.1, -0.05) is 0 Å². The third kappa shape index (κ3) is 3.93. The first kappa shape index (κ1) is 20.8. The maximum absolute atomic E-state index is 15.0. The Morgan fingerprint density at radius 2 is 2.06 bits per heavy atom. The van der Waals surface area contributed by atoms with E-state index in [4.69, 9.17) is 9.72 Å². The average molecular weight is 456 g/mol. The van der Waals surface area contributed by atoms with E-state index in [0.717, 1.165) is 28.6 Å². The Kier molecular flexibility index (Phi) is 5.30. The Balaban J connectivity index is 1.44. The van der Waals surface area contributed by atoms with E-state index < -0.39 is 17.9 Å². The smallest absolute Gasteiger partial charge is 0.337 e. The lowest BCUT2D eigenvalue weighted by atomic mass is 10.1. The van der Waals surface area contributed by atoms with E-state index in [0.29, 0.717) is 40.7 Å². The minimum Gasteiger partial charge on any atom is -0.465 e. The molecule has 7 nitrogen and oxygen atoms in total. The Morgan fingerprint density at radius 1 is 1.25 bits per heavy atom. The number of urea groups is 1. The molecule has 0 bridgehead atoms. The number of aliphatic hydroxyl groups excluding tert-OH is 1. The number of fused-ring (bicyclic) bond motifs is 1. The first-order valence-corrected chi connectivity index (χ1v) is 11.3. The normalized spacial score (nSPS) is 18.2. The molecule has 0 unspecified atom stereocenters. The van der Waals surface area contributed by atoms with Crippen LogP contribution in [0.15, 0.2) is 30.3 Å². The molecular formula is C23H22FN3O4S. The lowest BCUT2D eigenvalue weighted by Crippen LogP contribution is -2.33. The minimum absolute atomic E-state index is 0.273. The highest BCUT2D eigenvalue weighted by Crippen LogP contribution is 2.45. The molecule has 32 heavy (non-hydrogen) atoms. The SMILES string of the molecule is COC(=O)c1cc(C2CC2)c2nc(-c3ccc(NC(=O)N4CC[C@@H](O)C4)cc3F)sc2c1. The number of hydrogen-bond acceptors (Lipinski definition) is 6. The van der Waals surface area contributed by atoms with Crippen LogP contribution in [0.5, 0.6) is 0 Å². The molecule has 1 aliphatic heterocycles. The summed E-state index contributed by atoms with van der Waals surface area (Å²) in [5, 5.41) is 12.8. The summed E-state index contributed by atoms with van der Waals surface area (Å²) >= 11 is 1.32. The van der Waals surface area contributed by atoms with Gasteiger partial charge in [-0.25, -0.2) is 19.0 Å². The van der Waals surface area contributed by atoms with Gasteiger partial charge in [0.15, 0.2) is 0 Å². The molecule has 2 aliphatic rings. The van der Waals surface area contributed by atoms with Crippen molar-refractivity contribution in [3.63, 3.8) is 0 Å². The predicted molar refractivity (Wildman–Crippen MR) is 120 cm³/mol. The lowest BCUT2D eigenvalue weighted by molar-refractivity contribution is 0.0601. The number of aromatic nitrogens is 1. The van der Waals surface area contributed by atoms with Crippen molar-refractivity contribution in [1.29, 1.82) is 0 Å². The molecule has 2 amide bonds. The quantitative estimate of drug-likeness (QED) is 0.570. The average Bonchev–Trinajstić information content (AvgIpc) is 3.38. The monoisotopic (exact) mass is 455 g/mol. The number of likely N-dealkylation sites (tertiary alicyclic amines) is 1. The fourth-order valence-electron chi connectivity index (χ4n) is 4.01. The molecule has 2 fully saturated rings. The van der Waals surface area contributed by atoms with Crippen LogP contribution in [-0.4, -0.2) is 53.3 Å². The standard InChI is InChI=1S/C23H22FN3O4S/c1-31-22(29)13-8-17(12-2-3-12)20-19(9-13)32-21(26-20)16-5-4-14(10-18(16)24)25-23(30)27-7-6-15(28)11-27/h4-5,8-10,12,15,28H,2-3,6-7,11H2,1H3,(H,25,30)/t15-/m1/s1. The fraction of sp³-hybridized carbons (Fsp3) is 0.348. The molecule has 0 spiro atoms. The van der Waals surface area contributed by atoms with Gasteiger partial charge in [0.1, 0.15) is 10.8 Å². The Labute approximate surface area is 187 Å². The second kappa shape index (κ2) is 8.14. The van der Waals surface area contributed by atoms with E-state index in [1.807, 2.05) is 6.07 Å². The zero-order chi connectivity index (χ0) is 22.4. The number of thiazole rings is 1.